The summed E-state index contributed by atoms with van der Waals surface area (Å²) in [6.07, 6.45) is 1.22. The Morgan fingerprint density at radius 3 is 2.88 bits per heavy atom. The van der Waals surface area contributed by atoms with Gasteiger partial charge in [0.15, 0.2) is 5.13 Å². The molecule has 24 heavy (non-hydrogen) atoms. The van der Waals surface area contributed by atoms with Crippen LogP contribution in [0.3, 0.4) is 0 Å². The van der Waals surface area contributed by atoms with E-state index in [1.807, 2.05) is 36.4 Å². The summed E-state index contributed by atoms with van der Waals surface area (Å²) < 4.78 is 6.64. The van der Waals surface area contributed by atoms with Crippen molar-refractivity contribution in [2.24, 2.45) is 0 Å². The van der Waals surface area contributed by atoms with Gasteiger partial charge in [-0.1, -0.05) is 41.1 Å². The smallest absolute Gasteiger partial charge is 0.262 e. The molecule has 1 saturated heterocycles. The normalized spacial score (nSPS) is 17.3. The minimum atomic E-state index is -0.420. The number of para-hydroxylation sites is 1. The lowest BCUT2D eigenvalue weighted by Crippen LogP contribution is -2.35. The summed E-state index contributed by atoms with van der Waals surface area (Å²) in [6.45, 7) is 0.625. The van der Waals surface area contributed by atoms with Crippen LogP contribution in [0.4, 0.5) is 10.8 Å². The molecule has 1 aliphatic rings. The lowest BCUT2D eigenvalue weighted by molar-refractivity contribution is -0.126. The van der Waals surface area contributed by atoms with Gasteiger partial charge < -0.3 is 4.74 Å². The van der Waals surface area contributed by atoms with Crippen LogP contribution in [0.1, 0.15) is 12.8 Å². The zero-order valence-corrected chi connectivity index (χ0v) is 14.4. The highest BCUT2D eigenvalue weighted by molar-refractivity contribution is 7.22. The fraction of sp³-hybridized carbons (Fsp3) is 0.222. The molecule has 0 saturated carbocycles. The van der Waals surface area contributed by atoms with Crippen molar-refractivity contribution in [2.45, 2.75) is 18.9 Å². The quantitative estimate of drug-likeness (QED) is 0.675. The number of carbonyl (C=O) groups excluding carboxylic acids is 1. The Bertz CT molecular complexity index is 856. The summed E-state index contributed by atoms with van der Waals surface area (Å²) in [5.41, 5.74) is 1.59. The van der Waals surface area contributed by atoms with Gasteiger partial charge >= 0.3 is 0 Å². The summed E-state index contributed by atoms with van der Waals surface area (Å²) in [4.78, 5) is 19.3. The number of anilines is 2. The number of nitrogens with zero attached hydrogens (tertiary/aromatic N) is 2. The maximum absolute atomic E-state index is 13.1. The van der Waals surface area contributed by atoms with Gasteiger partial charge in [-0.25, -0.2) is 4.98 Å². The van der Waals surface area contributed by atoms with Gasteiger partial charge in [0.2, 0.25) is 0 Å². The average Bonchev–Trinajstić information content (AvgIpc) is 3.24. The van der Waals surface area contributed by atoms with E-state index in [2.05, 4.69) is 4.98 Å². The van der Waals surface area contributed by atoms with E-state index in [1.54, 1.807) is 17.0 Å². The minimum absolute atomic E-state index is 0.0891. The van der Waals surface area contributed by atoms with Crippen molar-refractivity contribution in [2.75, 3.05) is 11.5 Å². The van der Waals surface area contributed by atoms with Gasteiger partial charge in [-0.05, 0) is 43.2 Å². The zero-order valence-electron chi connectivity index (χ0n) is 12.8. The molecular formula is C18H15ClN2O2S. The molecule has 2 aromatic carbocycles. The van der Waals surface area contributed by atoms with E-state index in [0.29, 0.717) is 22.4 Å². The average molecular weight is 359 g/mol. The topological polar surface area (TPSA) is 42.4 Å². The van der Waals surface area contributed by atoms with Gasteiger partial charge in [0, 0.05) is 11.6 Å². The number of thiazole rings is 1. The molecule has 122 valence electrons. The highest BCUT2D eigenvalue weighted by Gasteiger charge is 2.31. The summed E-state index contributed by atoms with van der Waals surface area (Å²) >= 11 is 7.62. The molecule has 4 rings (SSSR count). The van der Waals surface area contributed by atoms with E-state index in [4.69, 9.17) is 16.3 Å². The highest BCUT2D eigenvalue weighted by Crippen LogP contribution is 2.35. The maximum Gasteiger partial charge on any atom is 0.262 e. The number of halogens is 1. The fourth-order valence-corrected chi connectivity index (χ4v) is 4.00. The van der Waals surface area contributed by atoms with Gasteiger partial charge in [-0.2, -0.15) is 0 Å². The standard InChI is InChI=1S/C18H15ClN2O2S/c19-12-5-3-6-13(11-12)21(17(22)15-8-4-10-23-15)18-20-14-7-1-2-9-16(14)24-18/h1-3,5-7,9,11,15H,4,8,10H2/t15-/m1/s1. The largest absolute Gasteiger partial charge is 0.368 e. The Kier molecular flexibility index (Phi) is 4.22. The van der Waals surface area contributed by atoms with Crippen LogP contribution >= 0.6 is 22.9 Å². The molecule has 6 heteroatoms. The Morgan fingerprint density at radius 2 is 2.12 bits per heavy atom. The Balaban J connectivity index is 1.81. The molecule has 1 aliphatic heterocycles. The molecule has 0 bridgehead atoms. The van der Waals surface area contributed by atoms with Gasteiger partial charge in [0.25, 0.3) is 5.91 Å². The van der Waals surface area contributed by atoms with E-state index in [0.717, 1.165) is 23.1 Å². The van der Waals surface area contributed by atoms with E-state index in [9.17, 15) is 4.79 Å². The SMILES string of the molecule is O=C([C@H]1CCCO1)N(c1cccc(Cl)c1)c1nc2ccccc2s1. The number of hydrogen-bond acceptors (Lipinski definition) is 4. The molecule has 0 radical (unpaired) electrons. The van der Waals surface area contributed by atoms with E-state index in [1.165, 1.54) is 11.3 Å². The number of amides is 1. The number of hydrogen-bond donors (Lipinski definition) is 0. The molecule has 4 nitrogen and oxygen atoms in total. The van der Waals surface area contributed by atoms with E-state index in [-0.39, 0.29) is 5.91 Å². The first-order valence-corrected chi connectivity index (χ1v) is 8.98. The number of aromatic nitrogens is 1. The van der Waals surface area contributed by atoms with Crippen molar-refractivity contribution >= 4 is 49.9 Å². The molecule has 0 N–H and O–H groups in total. The van der Waals surface area contributed by atoms with Crippen LogP contribution in [0.15, 0.2) is 48.5 Å². The Labute approximate surface area is 148 Å². The predicted octanol–water partition coefficient (Wildman–Crippen LogP) is 4.79. The van der Waals surface area contributed by atoms with Gasteiger partial charge in [0.1, 0.15) is 6.10 Å². The number of carbonyl (C=O) groups is 1. The number of rotatable bonds is 3. The molecule has 1 aromatic heterocycles. The summed E-state index contributed by atoms with van der Waals surface area (Å²) in [5.74, 6) is -0.0891. The minimum Gasteiger partial charge on any atom is -0.368 e. The molecular weight excluding hydrogens is 344 g/mol. The number of fused-ring (bicyclic) bond motifs is 1. The summed E-state index contributed by atoms with van der Waals surface area (Å²) in [5, 5.41) is 1.22. The molecule has 2 heterocycles. The second-order valence-corrected chi connectivity index (χ2v) is 7.06. The first kappa shape index (κ1) is 15.6. The van der Waals surface area contributed by atoms with Crippen LogP contribution in [-0.4, -0.2) is 23.6 Å². The third kappa shape index (κ3) is 2.90. The number of benzene rings is 2. The molecule has 1 fully saturated rings. The van der Waals surface area contributed by atoms with Gasteiger partial charge in [-0.3, -0.25) is 9.69 Å². The van der Waals surface area contributed by atoms with Crippen molar-refractivity contribution in [3.8, 4) is 0 Å². The van der Waals surface area contributed by atoms with Crippen molar-refractivity contribution in [1.82, 2.24) is 4.98 Å². The maximum atomic E-state index is 13.1. The highest BCUT2D eigenvalue weighted by atomic mass is 35.5. The van der Waals surface area contributed by atoms with Crippen LogP contribution in [0, 0.1) is 0 Å². The van der Waals surface area contributed by atoms with Gasteiger partial charge in [0.05, 0.1) is 15.9 Å². The van der Waals surface area contributed by atoms with Crippen molar-refractivity contribution in [3.05, 3.63) is 53.6 Å². The lowest BCUT2D eigenvalue weighted by atomic mass is 10.2. The third-order valence-corrected chi connectivity index (χ3v) is 5.22. The molecule has 1 amide bonds. The van der Waals surface area contributed by atoms with Gasteiger partial charge in [-0.15, -0.1) is 0 Å². The first-order chi connectivity index (χ1) is 11.7. The molecule has 0 aliphatic carbocycles. The molecule has 3 aromatic rings. The summed E-state index contributed by atoms with van der Waals surface area (Å²) in [7, 11) is 0. The summed E-state index contributed by atoms with van der Waals surface area (Å²) in [6, 6.07) is 15.1. The monoisotopic (exact) mass is 358 g/mol. The third-order valence-electron chi connectivity index (χ3n) is 3.97. The fourth-order valence-electron chi connectivity index (χ4n) is 2.82. The van der Waals surface area contributed by atoms with Crippen molar-refractivity contribution < 1.29 is 9.53 Å². The first-order valence-electron chi connectivity index (χ1n) is 7.79. The van der Waals surface area contributed by atoms with Crippen molar-refractivity contribution in [1.29, 1.82) is 0 Å². The van der Waals surface area contributed by atoms with E-state index < -0.39 is 6.10 Å². The molecule has 1 atom stereocenters. The Morgan fingerprint density at radius 1 is 1.25 bits per heavy atom. The number of ether oxygens (including phenoxy) is 1. The van der Waals surface area contributed by atoms with Crippen LogP contribution in [0.5, 0.6) is 0 Å². The molecule has 0 unspecified atom stereocenters. The zero-order chi connectivity index (χ0) is 16.5. The van der Waals surface area contributed by atoms with Crippen LogP contribution in [-0.2, 0) is 9.53 Å². The van der Waals surface area contributed by atoms with Crippen LogP contribution < -0.4 is 4.90 Å². The lowest BCUT2D eigenvalue weighted by Gasteiger charge is -2.23. The molecule has 0 spiro atoms. The predicted molar refractivity (Wildman–Crippen MR) is 97.2 cm³/mol. The van der Waals surface area contributed by atoms with E-state index >= 15 is 0 Å². The second kappa shape index (κ2) is 6.51. The van der Waals surface area contributed by atoms with Crippen molar-refractivity contribution in [3.63, 3.8) is 0 Å². The van der Waals surface area contributed by atoms with Crippen LogP contribution in [0.25, 0.3) is 10.2 Å². The van der Waals surface area contributed by atoms with Crippen LogP contribution in [0.2, 0.25) is 5.02 Å². The Hall–Kier alpha value is -1.95. The second-order valence-electron chi connectivity index (χ2n) is 5.62.